The van der Waals surface area contributed by atoms with Gasteiger partial charge in [0.05, 0.1) is 6.21 Å². The monoisotopic (exact) mass is 149 g/mol. The average Bonchev–Trinajstić information content (AvgIpc) is 2.33. The lowest BCUT2D eigenvalue weighted by atomic mass is 10.5. The molecule has 1 rings (SSSR count). The minimum atomic E-state index is 0.819. The van der Waals surface area contributed by atoms with E-state index >= 15 is 0 Å². The van der Waals surface area contributed by atoms with Gasteiger partial charge in [0.1, 0.15) is 0 Å². The molecule has 0 spiro atoms. The van der Waals surface area contributed by atoms with Gasteiger partial charge >= 0.3 is 0 Å². The van der Waals surface area contributed by atoms with Crippen LogP contribution in [0.3, 0.4) is 0 Å². The number of aliphatic imine (C=N–C) groups is 1. The zero-order valence-electron chi connectivity index (χ0n) is 6.78. The Balaban J connectivity index is 3.15. The summed E-state index contributed by atoms with van der Waals surface area (Å²) < 4.78 is 1.88. The molecule has 0 bridgehead atoms. The van der Waals surface area contributed by atoms with Crippen molar-refractivity contribution in [1.29, 1.82) is 0 Å². The van der Waals surface area contributed by atoms with Crippen LogP contribution in [0.4, 0.5) is 0 Å². The molecule has 3 nitrogen and oxygen atoms in total. The normalized spacial score (nSPS) is 10.7. The highest BCUT2D eigenvalue weighted by Gasteiger charge is 1.98. The summed E-state index contributed by atoms with van der Waals surface area (Å²) >= 11 is 0. The number of hydrogen-bond donors (Lipinski definition) is 0. The summed E-state index contributed by atoms with van der Waals surface area (Å²) in [5.74, 6) is 0.819. The fraction of sp³-hybridized carbons (Fsp3) is 0.250. The highest BCUT2D eigenvalue weighted by Crippen LogP contribution is 2.01. The second kappa shape index (κ2) is 3.14. The molecule has 0 aliphatic carbocycles. The van der Waals surface area contributed by atoms with Crippen molar-refractivity contribution >= 4 is 12.4 Å². The van der Waals surface area contributed by atoms with Gasteiger partial charge in [-0.1, -0.05) is 6.58 Å². The summed E-state index contributed by atoms with van der Waals surface area (Å²) in [5, 5.41) is 0. The van der Waals surface area contributed by atoms with Crippen LogP contribution in [0.2, 0.25) is 0 Å². The Kier molecular flexibility index (Phi) is 2.21. The minimum Gasteiger partial charge on any atom is -0.304 e. The molecule has 0 aliphatic heterocycles. The highest BCUT2D eigenvalue weighted by atomic mass is 15.1. The summed E-state index contributed by atoms with van der Waals surface area (Å²) in [7, 11) is 1.72. The molecule has 0 saturated heterocycles. The molecule has 0 aromatic carbocycles. The van der Waals surface area contributed by atoms with E-state index in [9.17, 15) is 0 Å². The van der Waals surface area contributed by atoms with Crippen LogP contribution in [0.25, 0.3) is 6.20 Å². The van der Waals surface area contributed by atoms with Crippen LogP contribution in [0, 0.1) is 6.92 Å². The smallest absolute Gasteiger partial charge is 0.154 e. The third-order valence-electron chi connectivity index (χ3n) is 1.44. The van der Waals surface area contributed by atoms with Gasteiger partial charge in [-0.2, -0.15) is 0 Å². The van der Waals surface area contributed by atoms with Gasteiger partial charge in [0, 0.05) is 25.1 Å². The first-order valence-electron chi connectivity index (χ1n) is 3.38. The summed E-state index contributed by atoms with van der Waals surface area (Å²) in [6, 6.07) is 0. The Morgan fingerprint density at radius 2 is 2.45 bits per heavy atom. The number of nitrogens with zero attached hydrogens (tertiary/aromatic N) is 3. The number of aromatic nitrogens is 2. The average molecular weight is 149 g/mol. The number of hydrogen-bond acceptors (Lipinski definition) is 2. The van der Waals surface area contributed by atoms with Crippen LogP contribution >= 0.6 is 0 Å². The summed E-state index contributed by atoms with van der Waals surface area (Å²) in [5.41, 5.74) is 1.06. The molecule has 0 saturated carbocycles. The zero-order chi connectivity index (χ0) is 8.27. The maximum Gasteiger partial charge on any atom is 0.154 e. The highest BCUT2D eigenvalue weighted by molar-refractivity contribution is 5.76. The van der Waals surface area contributed by atoms with Gasteiger partial charge in [0.25, 0.3) is 0 Å². The molecule has 3 heteroatoms. The second-order valence-electron chi connectivity index (χ2n) is 2.20. The molecule has 1 heterocycles. The van der Waals surface area contributed by atoms with Crippen LogP contribution in [0.1, 0.15) is 11.5 Å². The number of rotatable bonds is 2. The zero-order valence-corrected chi connectivity index (χ0v) is 6.78. The van der Waals surface area contributed by atoms with Crippen molar-refractivity contribution in [3.05, 3.63) is 24.3 Å². The van der Waals surface area contributed by atoms with Crippen LogP contribution in [0.15, 0.2) is 17.8 Å². The Morgan fingerprint density at radius 3 is 3.00 bits per heavy atom. The summed E-state index contributed by atoms with van der Waals surface area (Å²) in [6.07, 6.45) is 5.22. The SMILES string of the molecule is C=Cn1c(C)cnc1C=NC. The fourth-order valence-corrected chi connectivity index (χ4v) is 0.913. The largest absolute Gasteiger partial charge is 0.304 e. The van der Waals surface area contributed by atoms with Gasteiger partial charge < -0.3 is 4.57 Å². The quantitative estimate of drug-likeness (QED) is 0.583. The van der Waals surface area contributed by atoms with E-state index < -0.39 is 0 Å². The van der Waals surface area contributed by atoms with Gasteiger partial charge in [-0.05, 0) is 6.92 Å². The first kappa shape index (κ1) is 7.72. The van der Waals surface area contributed by atoms with Crippen LogP contribution < -0.4 is 0 Å². The van der Waals surface area contributed by atoms with Gasteiger partial charge in [-0.25, -0.2) is 4.98 Å². The van der Waals surface area contributed by atoms with E-state index in [-0.39, 0.29) is 0 Å². The molecule has 0 amide bonds. The molecule has 0 fully saturated rings. The molecule has 0 unspecified atom stereocenters. The van der Waals surface area contributed by atoms with Crippen LogP contribution in [-0.4, -0.2) is 22.8 Å². The molecule has 0 radical (unpaired) electrons. The van der Waals surface area contributed by atoms with Crippen LogP contribution in [0.5, 0.6) is 0 Å². The van der Waals surface area contributed by atoms with E-state index in [4.69, 9.17) is 0 Å². The second-order valence-corrected chi connectivity index (χ2v) is 2.20. The van der Waals surface area contributed by atoms with E-state index in [1.54, 1.807) is 25.7 Å². The molecule has 0 N–H and O–H groups in total. The number of imidazole rings is 1. The standard InChI is InChI=1S/C8H11N3/c1-4-11-7(2)5-10-8(11)6-9-3/h4-6H,1H2,2-3H3. The Bertz CT molecular complexity index is 284. The van der Waals surface area contributed by atoms with Crippen molar-refractivity contribution < 1.29 is 0 Å². The molecular weight excluding hydrogens is 138 g/mol. The van der Waals surface area contributed by atoms with Gasteiger partial charge in [0.15, 0.2) is 5.82 Å². The lowest BCUT2D eigenvalue weighted by molar-refractivity contribution is 1.06. The third kappa shape index (κ3) is 1.37. The lowest BCUT2D eigenvalue weighted by Crippen LogP contribution is -1.95. The van der Waals surface area contributed by atoms with E-state index in [0.717, 1.165) is 11.5 Å². The van der Waals surface area contributed by atoms with Crippen molar-refractivity contribution in [3.63, 3.8) is 0 Å². The molecule has 1 aromatic rings. The Hall–Kier alpha value is -1.38. The predicted octanol–water partition coefficient (Wildman–Crippen LogP) is 1.34. The Labute approximate surface area is 66.1 Å². The summed E-state index contributed by atoms with van der Waals surface area (Å²) in [4.78, 5) is 7.99. The van der Waals surface area contributed by atoms with E-state index in [1.165, 1.54) is 0 Å². The van der Waals surface area contributed by atoms with Gasteiger partial charge in [-0.3, -0.25) is 4.99 Å². The maximum atomic E-state index is 4.12. The lowest BCUT2D eigenvalue weighted by Gasteiger charge is -1.96. The molecular formula is C8H11N3. The van der Waals surface area contributed by atoms with Crippen molar-refractivity contribution in [2.24, 2.45) is 4.99 Å². The predicted molar refractivity (Wildman–Crippen MR) is 46.9 cm³/mol. The first-order valence-corrected chi connectivity index (χ1v) is 3.38. The van der Waals surface area contributed by atoms with E-state index in [1.807, 2.05) is 11.5 Å². The van der Waals surface area contributed by atoms with Crippen molar-refractivity contribution in [2.45, 2.75) is 6.92 Å². The maximum absolute atomic E-state index is 4.12. The molecule has 0 aliphatic rings. The minimum absolute atomic E-state index is 0.819. The van der Waals surface area contributed by atoms with Crippen molar-refractivity contribution in [2.75, 3.05) is 7.05 Å². The fourth-order valence-electron chi connectivity index (χ4n) is 0.913. The molecule has 0 atom stereocenters. The van der Waals surface area contributed by atoms with E-state index in [0.29, 0.717) is 0 Å². The Morgan fingerprint density at radius 1 is 1.73 bits per heavy atom. The van der Waals surface area contributed by atoms with Gasteiger partial charge in [-0.15, -0.1) is 0 Å². The summed E-state index contributed by atoms with van der Waals surface area (Å²) in [6.45, 7) is 5.64. The molecule has 1 aromatic heterocycles. The number of aryl methyl sites for hydroxylation is 1. The van der Waals surface area contributed by atoms with E-state index in [2.05, 4.69) is 16.6 Å². The molecule has 58 valence electrons. The van der Waals surface area contributed by atoms with Gasteiger partial charge in [0.2, 0.25) is 0 Å². The van der Waals surface area contributed by atoms with Crippen molar-refractivity contribution in [3.8, 4) is 0 Å². The molecule has 11 heavy (non-hydrogen) atoms. The topological polar surface area (TPSA) is 30.2 Å². The first-order chi connectivity index (χ1) is 5.29. The van der Waals surface area contributed by atoms with Crippen molar-refractivity contribution in [1.82, 2.24) is 9.55 Å². The third-order valence-corrected chi connectivity index (χ3v) is 1.44. The van der Waals surface area contributed by atoms with Crippen LogP contribution in [-0.2, 0) is 0 Å².